The number of carbonyl (C=O) groups is 2. The Labute approximate surface area is 199 Å². The molecule has 1 fully saturated rings. The maximum absolute atomic E-state index is 13.3. The second-order valence-electron chi connectivity index (χ2n) is 8.11. The van der Waals surface area contributed by atoms with Crippen molar-refractivity contribution in [3.63, 3.8) is 0 Å². The Kier molecular flexibility index (Phi) is 5.69. The predicted octanol–water partition coefficient (Wildman–Crippen LogP) is 5.17. The van der Waals surface area contributed by atoms with Gasteiger partial charge in [-0.1, -0.05) is 24.3 Å². The monoisotopic (exact) mass is 488 g/mol. The number of ether oxygens (including phenoxy) is 2. The van der Waals surface area contributed by atoms with Crippen molar-refractivity contribution in [2.24, 2.45) is 0 Å². The molecule has 0 atom stereocenters. The number of halogens is 3. The number of carbonyl (C=O) groups excluding carboxylic acids is 1. The number of hydrogen-bond acceptors (Lipinski definition) is 5. The van der Waals surface area contributed by atoms with Gasteiger partial charge < -0.3 is 19.9 Å². The summed E-state index contributed by atoms with van der Waals surface area (Å²) in [4.78, 5) is 29.0. The van der Waals surface area contributed by atoms with Crippen LogP contribution >= 0.6 is 12.4 Å². The normalized spacial score (nSPS) is 16.3. The zero-order chi connectivity index (χ0) is 23.4. The van der Waals surface area contributed by atoms with Gasteiger partial charge in [-0.15, -0.1) is 21.2 Å². The van der Waals surface area contributed by atoms with Gasteiger partial charge in [0.15, 0.2) is 11.5 Å². The Hall–Kier alpha value is -3.72. The van der Waals surface area contributed by atoms with Gasteiger partial charge in [-0.05, 0) is 61.2 Å². The first-order valence-corrected chi connectivity index (χ1v) is 10.2. The van der Waals surface area contributed by atoms with Gasteiger partial charge in [0.05, 0.1) is 16.7 Å². The summed E-state index contributed by atoms with van der Waals surface area (Å²) in [6, 6.07) is 14.2. The fourth-order valence-corrected chi connectivity index (χ4v) is 3.94. The van der Waals surface area contributed by atoms with E-state index in [1.54, 1.807) is 30.3 Å². The highest BCUT2D eigenvalue weighted by molar-refractivity contribution is 6.01. The van der Waals surface area contributed by atoms with Crippen LogP contribution in [0.1, 0.15) is 34.3 Å². The fourth-order valence-electron chi connectivity index (χ4n) is 3.94. The van der Waals surface area contributed by atoms with Crippen LogP contribution in [-0.2, 0) is 10.2 Å². The molecule has 0 saturated heterocycles. The summed E-state index contributed by atoms with van der Waals surface area (Å²) < 4.78 is 35.6. The molecule has 5 rings (SSSR count). The maximum atomic E-state index is 13.3. The molecule has 1 aromatic heterocycles. The number of benzene rings is 2. The summed E-state index contributed by atoms with van der Waals surface area (Å²) in [7, 11) is 0. The number of hydrogen-bond donors (Lipinski definition) is 2. The lowest BCUT2D eigenvalue weighted by Crippen LogP contribution is -2.28. The first-order chi connectivity index (χ1) is 15.7. The third kappa shape index (κ3) is 4.14. The summed E-state index contributed by atoms with van der Waals surface area (Å²) >= 11 is 0. The van der Waals surface area contributed by atoms with Crippen LogP contribution in [0.4, 0.5) is 14.6 Å². The van der Waals surface area contributed by atoms with Crippen LogP contribution in [0.15, 0.2) is 54.6 Å². The molecule has 0 spiro atoms. The third-order valence-corrected chi connectivity index (χ3v) is 5.86. The average molecular weight is 489 g/mol. The molecule has 1 amide bonds. The van der Waals surface area contributed by atoms with Crippen LogP contribution in [0.5, 0.6) is 11.5 Å². The molecular weight excluding hydrogens is 470 g/mol. The third-order valence-electron chi connectivity index (χ3n) is 5.86. The van der Waals surface area contributed by atoms with Crippen molar-refractivity contribution in [1.82, 2.24) is 4.98 Å². The van der Waals surface area contributed by atoms with Gasteiger partial charge >= 0.3 is 12.3 Å². The standard InChI is InChI=1S/C24H18F2N2O5.ClH/c1-13-5-8-19(27-20(13)14-3-2-4-15(11-14)21(29)30)28-22(31)23(9-10-23)16-6-7-17-18(12-16)33-24(25,26)32-17;/h2-8,11-12H,9-10H2,1H3,(H,29,30)(H,27,28,31);1H. The number of aromatic nitrogens is 1. The minimum Gasteiger partial charge on any atom is -0.478 e. The largest absolute Gasteiger partial charge is 0.586 e. The van der Waals surface area contributed by atoms with E-state index in [1.807, 2.05) is 6.92 Å². The number of carboxylic acid groups (broad SMARTS) is 1. The first kappa shape index (κ1) is 23.4. The summed E-state index contributed by atoms with van der Waals surface area (Å²) in [6.45, 7) is 1.84. The molecule has 1 saturated carbocycles. The lowest BCUT2D eigenvalue weighted by atomic mass is 9.94. The van der Waals surface area contributed by atoms with Crippen LogP contribution in [-0.4, -0.2) is 28.3 Å². The Morgan fingerprint density at radius 2 is 1.76 bits per heavy atom. The topological polar surface area (TPSA) is 97.8 Å². The SMILES string of the molecule is Cc1ccc(NC(=O)C2(c3ccc4c(c3)OC(F)(F)O4)CC2)nc1-c1cccc(C(=O)O)c1.Cl. The Morgan fingerprint density at radius 1 is 1.03 bits per heavy atom. The summed E-state index contributed by atoms with van der Waals surface area (Å²) in [6.07, 6.45) is -2.62. The quantitative estimate of drug-likeness (QED) is 0.514. The number of nitrogens with one attached hydrogen (secondary N) is 1. The molecule has 2 N–H and O–H groups in total. The van der Waals surface area contributed by atoms with Crippen molar-refractivity contribution in [3.05, 3.63) is 71.3 Å². The number of nitrogens with zero attached hydrogens (tertiary/aromatic N) is 1. The van der Waals surface area contributed by atoms with Crippen molar-refractivity contribution < 1.29 is 33.0 Å². The van der Waals surface area contributed by atoms with E-state index in [0.29, 0.717) is 35.5 Å². The molecule has 176 valence electrons. The summed E-state index contributed by atoms with van der Waals surface area (Å²) in [5.74, 6) is -1.23. The fraction of sp³-hybridized carbons (Fsp3) is 0.208. The second kappa shape index (κ2) is 8.25. The number of fused-ring (bicyclic) bond motifs is 1. The highest BCUT2D eigenvalue weighted by atomic mass is 35.5. The molecule has 7 nitrogen and oxygen atoms in total. The molecule has 1 aliphatic heterocycles. The first-order valence-electron chi connectivity index (χ1n) is 10.2. The molecule has 2 aliphatic rings. The number of amides is 1. The number of aryl methyl sites for hydroxylation is 1. The summed E-state index contributed by atoms with van der Waals surface area (Å²) in [5, 5.41) is 12.1. The molecule has 10 heteroatoms. The van der Waals surface area contributed by atoms with E-state index in [4.69, 9.17) is 0 Å². The van der Waals surface area contributed by atoms with Gasteiger partial charge in [-0.25, -0.2) is 9.78 Å². The average Bonchev–Trinajstić information content (AvgIpc) is 3.52. The predicted molar refractivity (Wildman–Crippen MR) is 121 cm³/mol. The van der Waals surface area contributed by atoms with E-state index in [2.05, 4.69) is 19.8 Å². The zero-order valence-electron chi connectivity index (χ0n) is 17.8. The summed E-state index contributed by atoms with van der Waals surface area (Å²) in [5.41, 5.74) is 1.79. The van der Waals surface area contributed by atoms with Gasteiger partial charge in [-0.2, -0.15) is 0 Å². The van der Waals surface area contributed by atoms with Crippen molar-refractivity contribution >= 4 is 30.1 Å². The lowest BCUT2D eigenvalue weighted by molar-refractivity contribution is -0.286. The van der Waals surface area contributed by atoms with Crippen LogP contribution in [0.3, 0.4) is 0 Å². The molecule has 0 unspecified atom stereocenters. The second-order valence-corrected chi connectivity index (χ2v) is 8.11. The molecule has 1 aliphatic carbocycles. The number of alkyl halides is 2. The molecule has 2 heterocycles. The van der Waals surface area contributed by atoms with E-state index in [9.17, 15) is 23.5 Å². The Balaban J connectivity index is 0.00000274. The van der Waals surface area contributed by atoms with E-state index in [0.717, 1.165) is 5.56 Å². The lowest BCUT2D eigenvalue weighted by Gasteiger charge is -2.17. The Morgan fingerprint density at radius 3 is 2.47 bits per heavy atom. The van der Waals surface area contributed by atoms with Crippen LogP contribution < -0.4 is 14.8 Å². The van der Waals surface area contributed by atoms with Crippen molar-refractivity contribution in [1.29, 1.82) is 0 Å². The van der Waals surface area contributed by atoms with Crippen LogP contribution in [0.25, 0.3) is 11.3 Å². The van der Waals surface area contributed by atoms with E-state index < -0.39 is 17.7 Å². The maximum Gasteiger partial charge on any atom is 0.586 e. The molecule has 34 heavy (non-hydrogen) atoms. The molecular formula is C24H19ClF2N2O5. The van der Waals surface area contributed by atoms with Gasteiger partial charge in [0.2, 0.25) is 5.91 Å². The van der Waals surface area contributed by atoms with Crippen molar-refractivity contribution in [3.8, 4) is 22.8 Å². The number of anilines is 1. The molecule has 2 aromatic carbocycles. The van der Waals surface area contributed by atoms with Crippen LogP contribution in [0, 0.1) is 6.92 Å². The highest BCUT2D eigenvalue weighted by Gasteiger charge is 2.53. The number of carboxylic acids is 1. The van der Waals surface area contributed by atoms with Crippen molar-refractivity contribution in [2.75, 3.05) is 5.32 Å². The minimum absolute atomic E-state index is 0. The van der Waals surface area contributed by atoms with E-state index in [1.165, 1.54) is 24.3 Å². The van der Waals surface area contributed by atoms with Gasteiger partial charge in [0, 0.05) is 5.56 Å². The van der Waals surface area contributed by atoms with E-state index >= 15 is 0 Å². The smallest absolute Gasteiger partial charge is 0.478 e. The minimum atomic E-state index is -3.72. The number of pyridine rings is 1. The van der Waals surface area contributed by atoms with Gasteiger partial charge in [0.1, 0.15) is 5.82 Å². The number of rotatable bonds is 5. The Bertz CT molecular complexity index is 1310. The van der Waals surface area contributed by atoms with Gasteiger partial charge in [0.25, 0.3) is 0 Å². The number of aromatic carboxylic acids is 1. The van der Waals surface area contributed by atoms with Crippen LogP contribution in [0.2, 0.25) is 0 Å². The molecule has 0 radical (unpaired) electrons. The van der Waals surface area contributed by atoms with E-state index in [-0.39, 0.29) is 35.4 Å². The molecule has 3 aromatic rings. The van der Waals surface area contributed by atoms with Crippen molar-refractivity contribution in [2.45, 2.75) is 31.5 Å². The highest BCUT2D eigenvalue weighted by Crippen LogP contribution is 2.52. The van der Waals surface area contributed by atoms with Gasteiger partial charge in [-0.3, -0.25) is 4.79 Å². The zero-order valence-corrected chi connectivity index (χ0v) is 18.6. The molecule has 0 bridgehead atoms.